The van der Waals surface area contributed by atoms with Gasteiger partial charge in [-0.05, 0) is 6.42 Å². The Kier molecular flexibility index (Phi) is 3.79. The predicted octanol–water partition coefficient (Wildman–Crippen LogP) is -1.28. The van der Waals surface area contributed by atoms with Crippen LogP contribution in [0.1, 0.15) is 13.3 Å². The molecule has 2 amide bonds. The number of methoxy groups -OCH3 is 1. The normalized spacial score (nSPS) is 21.4. The van der Waals surface area contributed by atoms with E-state index in [0.29, 0.717) is 6.42 Å². The van der Waals surface area contributed by atoms with Crippen LogP contribution >= 0.6 is 0 Å². The Morgan fingerprint density at radius 3 is 2.50 bits per heavy atom. The Morgan fingerprint density at radius 1 is 1.56 bits per heavy atom. The average molecular weight is 229 g/mol. The first-order valence-electron chi connectivity index (χ1n) is 4.93. The number of nitrogens with one attached hydrogen (secondary N) is 1. The number of hydrogen-bond acceptors (Lipinski definition) is 5. The third-order valence-corrected chi connectivity index (χ3v) is 2.65. The zero-order valence-corrected chi connectivity index (χ0v) is 9.19. The molecule has 2 atom stereocenters. The maximum Gasteiger partial charge on any atom is 0.257 e. The molecule has 1 heterocycles. The van der Waals surface area contributed by atoms with Crippen molar-refractivity contribution in [2.45, 2.75) is 25.0 Å². The van der Waals surface area contributed by atoms with E-state index >= 15 is 0 Å². The second-order valence-corrected chi connectivity index (χ2v) is 3.59. The molecule has 1 rings (SSSR count). The lowest BCUT2D eigenvalue weighted by molar-refractivity contribution is -0.129. The van der Waals surface area contributed by atoms with E-state index < -0.39 is 30.1 Å². The molecule has 1 aliphatic rings. The molecular formula is C10H15NO5. The zero-order chi connectivity index (χ0) is 12.3. The van der Waals surface area contributed by atoms with Crippen LogP contribution in [-0.2, 0) is 14.3 Å². The van der Waals surface area contributed by atoms with Crippen LogP contribution in [0.3, 0.4) is 0 Å². The molecule has 0 bridgehead atoms. The van der Waals surface area contributed by atoms with Gasteiger partial charge in [0.05, 0.1) is 18.3 Å². The van der Waals surface area contributed by atoms with E-state index in [4.69, 9.17) is 4.74 Å². The summed E-state index contributed by atoms with van der Waals surface area (Å²) in [6, 6.07) is 0. The van der Waals surface area contributed by atoms with E-state index in [1.165, 1.54) is 7.11 Å². The third-order valence-electron chi connectivity index (χ3n) is 2.65. The van der Waals surface area contributed by atoms with Gasteiger partial charge >= 0.3 is 0 Å². The van der Waals surface area contributed by atoms with Crippen molar-refractivity contribution in [1.29, 1.82) is 0 Å². The maximum atomic E-state index is 11.4. The lowest BCUT2D eigenvalue weighted by Crippen LogP contribution is -2.50. The van der Waals surface area contributed by atoms with E-state index in [1.807, 2.05) is 5.32 Å². The SMILES string of the molecule is CCC(OC)C(O)(CO)C1=CC(=O)NC1=O. The highest BCUT2D eigenvalue weighted by Crippen LogP contribution is 2.27. The molecule has 0 saturated carbocycles. The number of carbonyl (C=O) groups excluding carboxylic acids is 2. The maximum absolute atomic E-state index is 11.4. The highest BCUT2D eigenvalue weighted by molar-refractivity contribution is 6.17. The molecule has 0 radical (unpaired) electrons. The summed E-state index contributed by atoms with van der Waals surface area (Å²) in [5, 5.41) is 21.4. The van der Waals surface area contributed by atoms with Crippen molar-refractivity contribution in [2.24, 2.45) is 0 Å². The van der Waals surface area contributed by atoms with Gasteiger partial charge < -0.3 is 14.9 Å². The highest BCUT2D eigenvalue weighted by atomic mass is 16.5. The van der Waals surface area contributed by atoms with Crippen molar-refractivity contribution in [2.75, 3.05) is 13.7 Å². The van der Waals surface area contributed by atoms with Gasteiger partial charge in [0.15, 0.2) is 0 Å². The minimum absolute atomic E-state index is 0.159. The lowest BCUT2D eigenvalue weighted by atomic mass is 9.87. The molecule has 3 N–H and O–H groups in total. The van der Waals surface area contributed by atoms with Crippen LogP contribution in [0.2, 0.25) is 0 Å². The van der Waals surface area contributed by atoms with Crippen LogP contribution in [0, 0.1) is 0 Å². The minimum Gasteiger partial charge on any atom is -0.393 e. The molecule has 0 aromatic heterocycles. The lowest BCUT2D eigenvalue weighted by Gasteiger charge is -2.33. The van der Waals surface area contributed by atoms with Crippen molar-refractivity contribution in [3.8, 4) is 0 Å². The third kappa shape index (κ3) is 1.99. The monoisotopic (exact) mass is 229 g/mol. The summed E-state index contributed by atoms with van der Waals surface area (Å²) in [7, 11) is 1.37. The summed E-state index contributed by atoms with van der Waals surface area (Å²) in [4.78, 5) is 22.4. The Labute approximate surface area is 92.9 Å². The molecule has 90 valence electrons. The predicted molar refractivity (Wildman–Crippen MR) is 54.4 cm³/mol. The van der Waals surface area contributed by atoms with Gasteiger partial charge in [-0.2, -0.15) is 0 Å². The first kappa shape index (κ1) is 12.8. The number of aliphatic hydroxyl groups is 2. The molecule has 0 aromatic carbocycles. The number of carbonyl (C=O) groups is 2. The summed E-state index contributed by atoms with van der Waals surface area (Å²) >= 11 is 0. The second kappa shape index (κ2) is 4.73. The zero-order valence-electron chi connectivity index (χ0n) is 9.19. The summed E-state index contributed by atoms with van der Waals surface area (Å²) < 4.78 is 5.01. The molecule has 6 nitrogen and oxygen atoms in total. The van der Waals surface area contributed by atoms with Crippen molar-refractivity contribution in [3.05, 3.63) is 11.6 Å². The molecule has 1 aliphatic heterocycles. The highest BCUT2D eigenvalue weighted by Gasteiger charge is 2.45. The van der Waals surface area contributed by atoms with Gasteiger partial charge in [-0.25, -0.2) is 0 Å². The fraction of sp³-hybridized carbons (Fsp3) is 0.600. The van der Waals surface area contributed by atoms with Crippen molar-refractivity contribution in [1.82, 2.24) is 5.32 Å². The largest absolute Gasteiger partial charge is 0.393 e. The number of hydrogen-bond donors (Lipinski definition) is 3. The number of amides is 2. The molecule has 2 unspecified atom stereocenters. The Hall–Kier alpha value is -1.24. The van der Waals surface area contributed by atoms with Gasteiger partial charge in [0.2, 0.25) is 0 Å². The summed E-state index contributed by atoms with van der Waals surface area (Å²) in [6.45, 7) is 1.05. The van der Waals surface area contributed by atoms with Gasteiger partial charge in [-0.15, -0.1) is 0 Å². The van der Waals surface area contributed by atoms with Crippen LogP contribution < -0.4 is 5.32 Å². The van der Waals surface area contributed by atoms with E-state index in [-0.39, 0.29) is 5.57 Å². The fourth-order valence-electron chi connectivity index (χ4n) is 1.79. The summed E-state index contributed by atoms with van der Waals surface area (Å²) in [5.41, 5.74) is -2.01. The van der Waals surface area contributed by atoms with E-state index in [1.54, 1.807) is 6.92 Å². The number of imide groups is 1. The second-order valence-electron chi connectivity index (χ2n) is 3.59. The standard InChI is InChI=1S/C10H15NO5/c1-3-7(16-2)10(15,5-12)6-4-8(13)11-9(6)14/h4,7,12,15H,3,5H2,1-2H3,(H,11,13,14). The molecule has 0 saturated heterocycles. The Balaban J connectivity index is 3.09. The summed E-state index contributed by atoms with van der Waals surface area (Å²) in [6.07, 6.45) is 0.632. The molecule has 0 aliphatic carbocycles. The fourth-order valence-corrected chi connectivity index (χ4v) is 1.79. The van der Waals surface area contributed by atoms with Crippen LogP contribution in [0.4, 0.5) is 0 Å². The average Bonchev–Trinajstić information content (AvgIpc) is 2.59. The van der Waals surface area contributed by atoms with Gasteiger partial charge in [-0.3, -0.25) is 14.9 Å². The molecule has 0 spiro atoms. The van der Waals surface area contributed by atoms with Gasteiger partial charge in [0.25, 0.3) is 11.8 Å². The van der Waals surface area contributed by atoms with Gasteiger partial charge in [0.1, 0.15) is 5.60 Å². The summed E-state index contributed by atoms with van der Waals surface area (Å²) in [5.74, 6) is -1.30. The molecule has 16 heavy (non-hydrogen) atoms. The van der Waals surface area contributed by atoms with Crippen molar-refractivity contribution >= 4 is 11.8 Å². The van der Waals surface area contributed by atoms with Crippen LogP contribution in [0.15, 0.2) is 11.6 Å². The molecule has 0 fully saturated rings. The van der Waals surface area contributed by atoms with E-state index in [2.05, 4.69) is 0 Å². The van der Waals surface area contributed by atoms with E-state index in [9.17, 15) is 19.8 Å². The Bertz CT molecular complexity index is 334. The van der Waals surface area contributed by atoms with Crippen LogP contribution in [0.5, 0.6) is 0 Å². The number of ether oxygens (including phenoxy) is 1. The van der Waals surface area contributed by atoms with E-state index in [0.717, 1.165) is 6.08 Å². The molecule has 0 aromatic rings. The molecular weight excluding hydrogens is 214 g/mol. The van der Waals surface area contributed by atoms with Gasteiger partial charge in [0, 0.05) is 13.2 Å². The number of rotatable bonds is 5. The van der Waals surface area contributed by atoms with Gasteiger partial charge in [-0.1, -0.05) is 6.92 Å². The van der Waals surface area contributed by atoms with Crippen molar-refractivity contribution < 1.29 is 24.5 Å². The first-order chi connectivity index (χ1) is 7.49. The number of aliphatic hydroxyl groups excluding tert-OH is 1. The molecule has 6 heteroatoms. The van der Waals surface area contributed by atoms with Crippen molar-refractivity contribution in [3.63, 3.8) is 0 Å². The smallest absolute Gasteiger partial charge is 0.257 e. The van der Waals surface area contributed by atoms with Crippen LogP contribution in [0.25, 0.3) is 0 Å². The Morgan fingerprint density at radius 2 is 2.19 bits per heavy atom. The topological polar surface area (TPSA) is 95.9 Å². The first-order valence-corrected chi connectivity index (χ1v) is 4.93. The minimum atomic E-state index is -1.85. The van der Waals surface area contributed by atoms with Crippen LogP contribution in [-0.4, -0.2) is 47.4 Å². The quantitative estimate of drug-likeness (QED) is 0.510.